The molecule has 0 radical (unpaired) electrons. The van der Waals surface area contributed by atoms with Crippen molar-refractivity contribution in [3.05, 3.63) is 31.6 Å². The van der Waals surface area contributed by atoms with E-state index in [1.807, 2.05) is 4.98 Å². The van der Waals surface area contributed by atoms with E-state index in [4.69, 9.17) is 23.2 Å². The maximum absolute atomic E-state index is 10.8. The first kappa shape index (κ1) is 8.36. The second kappa shape index (κ2) is 3.11. The highest BCUT2D eigenvalue weighted by Crippen LogP contribution is 2.06. The lowest BCUT2D eigenvalue weighted by molar-refractivity contribution is 0.984. The van der Waals surface area contributed by atoms with Crippen LogP contribution in [-0.4, -0.2) is 9.97 Å². The van der Waals surface area contributed by atoms with E-state index in [1.54, 1.807) is 0 Å². The standard InChI is InChI=1S/C5H4Cl2N2O2/c6-1-2-3(7)4(10)9-5(11)8-2/h1H2,(H2,8,9,10,11). The van der Waals surface area contributed by atoms with Crippen LogP contribution in [0.1, 0.15) is 5.69 Å². The molecule has 60 valence electrons. The van der Waals surface area contributed by atoms with Gasteiger partial charge in [0.1, 0.15) is 5.02 Å². The van der Waals surface area contributed by atoms with Gasteiger partial charge in [-0.1, -0.05) is 11.6 Å². The highest BCUT2D eigenvalue weighted by molar-refractivity contribution is 6.31. The van der Waals surface area contributed by atoms with Crippen LogP contribution in [0.4, 0.5) is 0 Å². The van der Waals surface area contributed by atoms with Gasteiger partial charge in [-0.2, -0.15) is 0 Å². The van der Waals surface area contributed by atoms with Gasteiger partial charge in [0.15, 0.2) is 0 Å². The zero-order valence-corrected chi connectivity index (χ0v) is 6.79. The summed E-state index contributed by atoms with van der Waals surface area (Å²) in [6, 6.07) is 0. The van der Waals surface area contributed by atoms with E-state index in [9.17, 15) is 9.59 Å². The number of hydrogen-bond donors (Lipinski definition) is 2. The van der Waals surface area contributed by atoms with Gasteiger partial charge in [0.05, 0.1) is 11.6 Å². The fraction of sp³-hybridized carbons (Fsp3) is 0.200. The number of alkyl halides is 1. The molecule has 0 atom stereocenters. The van der Waals surface area contributed by atoms with Crippen molar-refractivity contribution >= 4 is 23.2 Å². The molecule has 0 spiro atoms. The van der Waals surface area contributed by atoms with Gasteiger partial charge in [-0.25, -0.2) is 4.79 Å². The van der Waals surface area contributed by atoms with Crippen LogP contribution in [0, 0.1) is 0 Å². The maximum atomic E-state index is 10.8. The molecule has 4 nitrogen and oxygen atoms in total. The summed E-state index contributed by atoms with van der Waals surface area (Å²) in [7, 11) is 0. The van der Waals surface area contributed by atoms with E-state index >= 15 is 0 Å². The van der Waals surface area contributed by atoms with Gasteiger partial charge in [-0.3, -0.25) is 9.78 Å². The van der Waals surface area contributed by atoms with Crippen LogP contribution in [0.2, 0.25) is 5.02 Å². The monoisotopic (exact) mass is 194 g/mol. The highest BCUT2D eigenvalue weighted by atomic mass is 35.5. The lowest BCUT2D eigenvalue weighted by Crippen LogP contribution is -2.24. The Balaban J connectivity index is 3.49. The summed E-state index contributed by atoms with van der Waals surface area (Å²) in [5.74, 6) is 0.0119. The minimum Gasteiger partial charge on any atom is -0.308 e. The van der Waals surface area contributed by atoms with Crippen molar-refractivity contribution in [1.29, 1.82) is 0 Å². The van der Waals surface area contributed by atoms with Crippen LogP contribution in [0.25, 0.3) is 0 Å². The van der Waals surface area contributed by atoms with Gasteiger partial charge in [-0.05, 0) is 0 Å². The minimum atomic E-state index is -0.619. The summed E-state index contributed by atoms with van der Waals surface area (Å²) in [4.78, 5) is 25.6. The summed E-state index contributed by atoms with van der Waals surface area (Å²) in [6.07, 6.45) is 0. The number of halogens is 2. The maximum Gasteiger partial charge on any atom is 0.326 e. The number of nitrogens with one attached hydrogen (secondary N) is 2. The van der Waals surface area contributed by atoms with Gasteiger partial charge in [0.25, 0.3) is 5.56 Å². The van der Waals surface area contributed by atoms with E-state index in [0.717, 1.165) is 0 Å². The molecule has 0 fully saturated rings. The molecular formula is C5H4Cl2N2O2. The topological polar surface area (TPSA) is 65.7 Å². The molecule has 0 bridgehead atoms. The first-order valence-corrected chi connectivity index (χ1v) is 3.63. The second-order valence-corrected chi connectivity index (χ2v) is 2.48. The van der Waals surface area contributed by atoms with Crippen LogP contribution >= 0.6 is 23.2 Å². The third-order valence-corrected chi connectivity index (χ3v) is 1.76. The Morgan fingerprint density at radius 1 is 1.27 bits per heavy atom. The SMILES string of the molecule is O=c1[nH]c(CCl)c(Cl)c(=O)[nH]1. The zero-order chi connectivity index (χ0) is 8.43. The van der Waals surface area contributed by atoms with E-state index < -0.39 is 11.2 Å². The van der Waals surface area contributed by atoms with Crippen molar-refractivity contribution in [2.75, 3.05) is 0 Å². The molecule has 1 aromatic heterocycles. The number of aromatic nitrogens is 2. The summed E-state index contributed by atoms with van der Waals surface area (Å²) in [5.41, 5.74) is -0.983. The van der Waals surface area contributed by atoms with Gasteiger partial charge < -0.3 is 4.98 Å². The fourth-order valence-electron chi connectivity index (χ4n) is 0.610. The molecule has 1 rings (SSSR count). The Hall–Kier alpha value is -0.740. The second-order valence-electron chi connectivity index (χ2n) is 1.83. The van der Waals surface area contributed by atoms with Crippen molar-refractivity contribution in [3.63, 3.8) is 0 Å². The van der Waals surface area contributed by atoms with Crippen LogP contribution < -0.4 is 11.2 Å². The Kier molecular flexibility index (Phi) is 2.36. The van der Waals surface area contributed by atoms with E-state index in [0.29, 0.717) is 0 Å². The Bertz CT molecular complexity index is 367. The van der Waals surface area contributed by atoms with Crippen LogP contribution in [0.3, 0.4) is 0 Å². The lowest BCUT2D eigenvalue weighted by atomic mass is 10.4. The van der Waals surface area contributed by atoms with Crippen LogP contribution in [-0.2, 0) is 5.88 Å². The molecule has 1 heterocycles. The third kappa shape index (κ3) is 1.64. The zero-order valence-electron chi connectivity index (χ0n) is 5.28. The summed E-state index contributed by atoms with van der Waals surface area (Å²) < 4.78 is 0. The summed E-state index contributed by atoms with van der Waals surface area (Å²) in [6.45, 7) is 0. The van der Waals surface area contributed by atoms with E-state index in [2.05, 4.69) is 4.98 Å². The molecule has 2 N–H and O–H groups in total. The average molecular weight is 195 g/mol. The molecule has 1 aromatic rings. The molecule has 6 heteroatoms. The largest absolute Gasteiger partial charge is 0.326 e. The number of rotatable bonds is 1. The Morgan fingerprint density at radius 2 is 1.91 bits per heavy atom. The summed E-state index contributed by atoms with van der Waals surface area (Å²) >= 11 is 10.8. The number of H-pyrrole nitrogens is 2. The average Bonchev–Trinajstić information content (AvgIpc) is 1.96. The predicted molar refractivity (Wildman–Crippen MR) is 42.3 cm³/mol. The van der Waals surface area contributed by atoms with Crippen molar-refractivity contribution < 1.29 is 0 Å². The van der Waals surface area contributed by atoms with Crippen molar-refractivity contribution in [1.82, 2.24) is 9.97 Å². The third-order valence-electron chi connectivity index (χ3n) is 1.09. The van der Waals surface area contributed by atoms with Crippen molar-refractivity contribution in [3.8, 4) is 0 Å². The van der Waals surface area contributed by atoms with Crippen LogP contribution in [0.5, 0.6) is 0 Å². The summed E-state index contributed by atoms with van der Waals surface area (Å²) in [5, 5.41) is -0.0698. The van der Waals surface area contributed by atoms with Crippen LogP contribution in [0.15, 0.2) is 9.59 Å². The molecule has 0 saturated heterocycles. The first-order valence-electron chi connectivity index (χ1n) is 2.72. The number of aromatic amines is 2. The minimum absolute atomic E-state index is 0.0119. The molecule has 0 aliphatic heterocycles. The number of hydrogen-bond acceptors (Lipinski definition) is 2. The Labute approximate surface area is 71.2 Å². The quantitative estimate of drug-likeness (QED) is 0.639. The highest BCUT2D eigenvalue weighted by Gasteiger charge is 2.03. The van der Waals surface area contributed by atoms with Gasteiger partial charge >= 0.3 is 5.69 Å². The van der Waals surface area contributed by atoms with Gasteiger partial charge in [-0.15, -0.1) is 11.6 Å². The smallest absolute Gasteiger partial charge is 0.308 e. The van der Waals surface area contributed by atoms with Gasteiger partial charge in [0.2, 0.25) is 0 Å². The van der Waals surface area contributed by atoms with E-state index in [1.165, 1.54) is 0 Å². The molecular weight excluding hydrogens is 191 g/mol. The predicted octanol–water partition coefficient (Wildman–Crippen LogP) is 0.455. The van der Waals surface area contributed by atoms with E-state index in [-0.39, 0.29) is 16.6 Å². The van der Waals surface area contributed by atoms with Gasteiger partial charge in [0, 0.05) is 0 Å². The fourth-order valence-corrected chi connectivity index (χ4v) is 1.04. The molecule has 0 amide bonds. The molecule has 0 aromatic carbocycles. The van der Waals surface area contributed by atoms with Crippen molar-refractivity contribution in [2.45, 2.75) is 5.88 Å². The molecule has 0 saturated carbocycles. The molecule has 0 unspecified atom stereocenters. The molecule has 11 heavy (non-hydrogen) atoms. The molecule has 0 aliphatic rings. The normalized spacial score (nSPS) is 10.0. The first-order chi connectivity index (χ1) is 5.15. The lowest BCUT2D eigenvalue weighted by Gasteiger charge is -1.95. The Morgan fingerprint density at radius 3 is 2.45 bits per heavy atom. The molecule has 0 aliphatic carbocycles. The van der Waals surface area contributed by atoms with Crippen molar-refractivity contribution in [2.24, 2.45) is 0 Å².